The predicted molar refractivity (Wildman–Crippen MR) is 196 cm³/mol. The van der Waals surface area contributed by atoms with E-state index < -0.39 is 40.4 Å². The van der Waals surface area contributed by atoms with Crippen molar-refractivity contribution >= 4 is 52.0 Å². The molecule has 2 amide bonds. The fraction of sp³-hybridized carbons (Fsp3) is 0.163. The van der Waals surface area contributed by atoms with E-state index in [9.17, 15) is 4.79 Å². The smallest absolute Gasteiger partial charge is 0.339 e. The van der Waals surface area contributed by atoms with Gasteiger partial charge in [-0.3, -0.25) is 14.4 Å². The van der Waals surface area contributed by atoms with Crippen LogP contribution in [0.5, 0.6) is 11.5 Å². The van der Waals surface area contributed by atoms with Gasteiger partial charge in [-0.25, -0.2) is 9.69 Å². The SMILES string of the molecule is COC(=O)c1cc(N2C(=O)C3C(C2=O)C2(c4ccccc4)C(=O)C3(c3ccccc3)C(c3ccc(OC)cc3)=C2c2ccc(OC)cc2)ccc1Cl. The molecule has 3 aliphatic rings. The van der Waals surface area contributed by atoms with E-state index in [1.165, 1.54) is 25.3 Å². The maximum Gasteiger partial charge on any atom is 0.339 e. The van der Waals surface area contributed by atoms with E-state index in [4.69, 9.17) is 25.8 Å². The number of rotatable bonds is 8. The van der Waals surface area contributed by atoms with Crippen molar-refractivity contribution in [1.82, 2.24) is 0 Å². The minimum atomic E-state index is -1.61. The summed E-state index contributed by atoms with van der Waals surface area (Å²) in [5.74, 6) is -3.12. The Balaban J connectivity index is 1.51. The number of Topliss-reactive ketones (excluding diaryl/α,β-unsaturated/α-hetero) is 1. The fourth-order valence-electron chi connectivity index (χ4n) is 8.81. The van der Waals surface area contributed by atoms with Gasteiger partial charge in [0.1, 0.15) is 11.5 Å². The molecule has 5 aromatic rings. The number of fused-ring (bicyclic) bond motifs is 5. The van der Waals surface area contributed by atoms with E-state index in [-0.39, 0.29) is 22.1 Å². The maximum absolute atomic E-state index is 16.1. The highest BCUT2D eigenvalue weighted by Gasteiger charge is 2.82. The zero-order chi connectivity index (χ0) is 36.4. The van der Waals surface area contributed by atoms with Crippen molar-refractivity contribution in [3.63, 3.8) is 0 Å². The number of hydrogen-bond acceptors (Lipinski definition) is 7. The van der Waals surface area contributed by atoms with Crippen molar-refractivity contribution in [2.75, 3.05) is 26.2 Å². The Bertz CT molecular complexity index is 2180. The van der Waals surface area contributed by atoms with Crippen LogP contribution in [0.2, 0.25) is 5.02 Å². The van der Waals surface area contributed by atoms with Gasteiger partial charge in [-0.2, -0.15) is 0 Å². The van der Waals surface area contributed by atoms with Crippen LogP contribution in [-0.2, 0) is 30.0 Å². The van der Waals surface area contributed by atoms with Gasteiger partial charge >= 0.3 is 5.97 Å². The van der Waals surface area contributed by atoms with Gasteiger partial charge < -0.3 is 14.2 Å². The fourth-order valence-corrected chi connectivity index (χ4v) is 9.01. The van der Waals surface area contributed by atoms with Gasteiger partial charge in [0.05, 0.1) is 60.3 Å². The summed E-state index contributed by atoms with van der Waals surface area (Å²) in [6, 6.07) is 37.7. The lowest BCUT2D eigenvalue weighted by Crippen LogP contribution is -2.45. The summed E-state index contributed by atoms with van der Waals surface area (Å²) in [6.07, 6.45) is 0. The second-order valence-corrected chi connectivity index (χ2v) is 13.4. The standard InChI is InChI=1S/C43H32ClNO7/c1-50-30-19-14-25(15-20-30)34-35(26-16-21-31(51-2)22-17-26)43(28-12-8-5-9-13-28)37-36(42(34,41(43)49)27-10-6-4-7-11-27)38(46)45(39(37)47)29-18-23-33(44)32(24-29)40(48)52-3/h4-24,36-37H,1-3H3. The average Bonchev–Trinajstić information content (AvgIpc) is 3.70. The molecule has 1 heterocycles. The van der Waals surface area contributed by atoms with Crippen LogP contribution in [0.15, 0.2) is 127 Å². The maximum atomic E-state index is 16.1. The number of methoxy groups -OCH3 is 3. The van der Waals surface area contributed by atoms with Crippen LogP contribution in [0.1, 0.15) is 32.6 Å². The second-order valence-electron chi connectivity index (χ2n) is 13.0. The number of halogens is 1. The lowest BCUT2D eigenvalue weighted by Gasteiger charge is -2.39. The van der Waals surface area contributed by atoms with Crippen LogP contribution in [0.25, 0.3) is 11.1 Å². The Kier molecular flexibility index (Phi) is 7.88. The lowest BCUT2D eigenvalue weighted by molar-refractivity contribution is -0.130. The summed E-state index contributed by atoms with van der Waals surface area (Å²) in [7, 11) is 4.39. The van der Waals surface area contributed by atoms with Crippen molar-refractivity contribution in [2.24, 2.45) is 11.8 Å². The van der Waals surface area contributed by atoms with Crippen molar-refractivity contribution < 1.29 is 33.4 Å². The highest BCUT2D eigenvalue weighted by atomic mass is 35.5. The number of imide groups is 1. The Morgan fingerprint density at radius 1 is 0.615 bits per heavy atom. The summed E-state index contributed by atoms with van der Waals surface area (Å²) in [4.78, 5) is 60.5. The van der Waals surface area contributed by atoms with Gasteiger partial charge in [-0.1, -0.05) is 96.5 Å². The minimum absolute atomic E-state index is 0.00453. The number of carbonyl (C=O) groups excluding carboxylic acids is 4. The number of ether oxygens (including phenoxy) is 3. The van der Waals surface area contributed by atoms with Gasteiger partial charge in [-0.15, -0.1) is 0 Å². The molecule has 4 unspecified atom stereocenters. The topological polar surface area (TPSA) is 99.2 Å². The third-order valence-corrected chi connectivity index (χ3v) is 11.2. The van der Waals surface area contributed by atoms with Gasteiger partial charge in [0.2, 0.25) is 11.8 Å². The molecule has 52 heavy (non-hydrogen) atoms. The molecule has 5 aromatic carbocycles. The first-order valence-electron chi connectivity index (χ1n) is 16.7. The summed E-state index contributed by atoms with van der Waals surface area (Å²) in [5, 5.41) is 0.108. The average molecular weight is 710 g/mol. The van der Waals surface area contributed by atoms with Crippen LogP contribution in [0, 0.1) is 11.8 Å². The van der Waals surface area contributed by atoms with Gasteiger partial charge in [0, 0.05) is 0 Å². The highest BCUT2D eigenvalue weighted by Crippen LogP contribution is 2.74. The van der Waals surface area contributed by atoms with Crippen LogP contribution in [0.3, 0.4) is 0 Å². The molecule has 2 fully saturated rings. The lowest BCUT2D eigenvalue weighted by atomic mass is 9.59. The number of anilines is 1. The van der Waals surface area contributed by atoms with E-state index in [0.29, 0.717) is 44.9 Å². The molecule has 1 aliphatic heterocycles. The molecule has 0 radical (unpaired) electrons. The number of benzene rings is 5. The summed E-state index contributed by atoms with van der Waals surface area (Å²) in [5.41, 5.74) is 0.820. The molecular formula is C43H32ClNO7. The molecule has 4 atom stereocenters. The molecule has 1 saturated carbocycles. The van der Waals surface area contributed by atoms with Crippen LogP contribution in [-0.4, -0.2) is 44.9 Å². The third kappa shape index (κ3) is 4.34. The summed E-state index contributed by atoms with van der Waals surface area (Å²) >= 11 is 6.38. The monoisotopic (exact) mass is 709 g/mol. The number of carbonyl (C=O) groups is 4. The van der Waals surface area contributed by atoms with Crippen LogP contribution < -0.4 is 14.4 Å². The molecule has 9 heteroatoms. The largest absolute Gasteiger partial charge is 0.497 e. The molecule has 8 nitrogen and oxygen atoms in total. The predicted octanol–water partition coefficient (Wildman–Crippen LogP) is 7.33. The third-order valence-electron chi connectivity index (χ3n) is 10.8. The summed E-state index contributed by atoms with van der Waals surface area (Å²) < 4.78 is 16.0. The Morgan fingerprint density at radius 3 is 1.46 bits per heavy atom. The van der Waals surface area contributed by atoms with E-state index in [0.717, 1.165) is 4.90 Å². The number of hydrogen-bond donors (Lipinski definition) is 0. The zero-order valence-corrected chi connectivity index (χ0v) is 29.2. The number of esters is 1. The first kappa shape index (κ1) is 33.2. The molecule has 8 rings (SSSR count). The van der Waals surface area contributed by atoms with E-state index in [1.807, 2.05) is 109 Å². The van der Waals surface area contributed by atoms with E-state index in [2.05, 4.69) is 0 Å². The van der Waals surface area contributed by atoms with Crippen molar-refractivity contribution in [2.45, 2.75) is 10.8 Å². The second kappa shape index (κ2) is 12.4. The molecule has 0 spiro atoms. The van der Waals surface area contributed by atoms with E-state index >= 15 is 14.4 Å². The molecule has 2 bridgehead atoms. The molecule has 0 N–H and O–H groups in total. The Hall–Kier alpha value is -5.99. The van der Waals surface area contributed by atoms with Gasteiger partial charge in [-0.05, 0) is 75.9 Å². The summed E-state index contributed by atoms with van der Waals surface area (Å²) in [6.45, 7) is 0. The molecular weight excluding hydrogens is 678 g/mol. The molecule has 258 valence electrons. The Labute approximate surface area is 305 Å². The van der Waals surface area contributed by atoms with Crippen molar-refractivity contribution in [3.05, 3.63) is 160 Å². The van der Waals surface area contributed by atoms with Crippen LogP contribution >= 0.6 is 11.6 Å². The van der Waals surface area contributed by atoms with Crippen molar-refractivity contribution in [3.8, 4) is 11.5 Å². The normalized spacial score (nSPS) is 23.2. The Morgan fingerprint density at radius 2 is 1.06 bits per heavy atom. The minimum Gasteiger partial charge on any atom is -0.497 e. The number of allylic oxidation sites excluding steroid dienone is 2. The van der Waals surface area contributed by atoms with Gasteiger partial charge in [0.25, 0.3) is 0 Å². The first-order valence-corrected chi connectivity index (χ1v) is 17.1. The highest BCUT2D eigenvalue weighted by molar-refractivity contribution is 6.39. The molecule has 0 aromatic heterocycles. The van der Waals surface area contributed by atoms with Gasteiger partial charge in [0.15, 0.2) is 5.78 Å². The number of ketones is 1. The van der Waals surface area contributed by atoms with Crippen LogP contribution in [0.4, 0.5) is 5.69 Å². The number of amides is 2. The quantitative estimate of drug-likeness (QED) is 0.123. The van der Waals surface area contributed by atoms with E-state index in [1.54, 1.807) is 14.2 Å². The molecule has 2 aliphatic carbocycles. The first-order chi connectivity index (χ1) is 25.2. The van der Waals surface area contributed by atoms with Crippen molar-refractivity contribution in [1.29, 1.82) is 0 Å². The zero-order valence-electron chi connectivity index (χ0n) is 28.5. The molecule has 1 saturated heterocycles. The number of nitrogens with zero attached hydrogens (tertiary/aromatic N) is 1.